The van der Waals surface area contributed by atoms with Gasteiger partial charge in [0.2, 0.25) is 5.95 Å². The van der Waals surface area contributed by atoms with Crippen LogP contribution in [-0.4, -0.2) is 34.7 Å². The van der Waals surface area contributed by atoms with E-state index >= 15 is 0 Å². The van der Waals surface area contributed by atoms with Crippen LogP contribution in [0.2, 0.25) is 0 Å². The molecule has 0 aromatic carbocycles. The highest BCUT2D eigenvalue weighted by molar-refractivity contribution is 5.27. The number of nitrogens with one attached hydrogen (secondary N) is 1. The molecule has 6 heteroatoms. The summed E-state index contributed by atoms with van der Waals surface area (Å²) in [7, 11) is 0. The predicted octanol–water partition coefficient (Wildman–Crippen LogP) is 2.44. The average Bonchev–Trinajstić information content (AvgIpc) is 2.36. The van der Waals surface area contributed by atoms with Gasteiger partial charge < -0.3 is 14.8 Å². The molecule has 0 saturated carbocycles. The molecule has 0 radical (unpaired) electrons. The fourth-order valence-electron chi connectivity index (χ4n) is 1.23. The van der Waals surface area contributed by atoms with Gasteiger partial charge in [0.15, 0.2) is 0 Å². The van der Waals surface area contributed by atoms with Crippen molar-refractivity contribution < 1.29 is 9.47 Å². The lowest BCUT2D eigenvalue weighted by molar-refractivity contribution is 0.272. The maximum absolute atomic E-state index is 5.48. The van der Waals surface area contributed by atoms with E-state index in [2.05, 4.69) is 33.8 Å². The van der Waals surface area contributed by atoms with Crippen molar-refractivity contribution in [2.24, 2.45) is 0 Å². The van der Waals surface area contributed by atoms with E-state index < -0.39 is 0 Å². The highest BCUT2D eigenvalue weighted by Gasteiger charge is 2.08. The van der Waals surface area contributed by atoms with Crippen LogP contribution in [0.5, 0.6) is 12.0 Å². The Morgan fingerprint density at radius 3 is 2.42 bits per heavy atom. The molecule has 19 heavy (non-hydrogen) atoms. The number of nitrogens with zero attached hydrogens (tertiary/aromatic N) is 3. The van der Waals surface area contributed by atoms with E-state index in [4.69, 9.17) is 9.47 Å². The zero-order valence-electron chi connectivity index (χ0n) is 11.9. The first-order chi connectivity index (χ1) is 9.15. The van der Waals surface area contributed by atoms with Gasteiger partial charge in [0.25, 0.3) is 0 Å². The molecule has 0 atom stereocenters. The van der Waals surface area contributed by atoms with Gasteiger partial charge in [-0.05, 0) is 20.3 Å². The highest BCUT2D eigenvalue weighted by atomic mass is 16.5. The fourth-order valence-corrected chi connectivity index (χ4v) is 1.23. The molecule has 0 unspecified atom stereocenters. The third kappa shape index (κ3) is 6.03. The summed E-state index contributed by atoms with van der Waals surface area (Å²) in [6.45, 7) is 11.5. The van der Waals surface area contributed by atoms with E-state index in [0.717, 1.165) is 25.0 Å². The van der Waals surface area contributed by atoms with E-state index in [9.17, 15) is 0 Å². The summed E-state index contributed by atoms with van der Waals surface area (Å²) in [5, 5.41) is 3.09. The van der Waals surface area contributed by atoms with Gasteiger partial charge >= 0.3 is 12.0 Å². The van der Waals surface area contributed by atoms with Crippen LogP contribution >= 0.6 is 0 Å². The minimum atomic E-state index is 0.276. The summed E-state index contributed by atoms with van der Waals surface area (Å²) in [5.74, 6) is 0.477. The van der Waals surface area contributed by atoms with Gasteiger partial charge in [-0.2, -0.15) is 9.97 Å². The molecule has 1 aromatic rings. The second kappa shape index (κ2) is 8.29. The quantitative estimate of drug-likeness (QED) is 0.692. The second-order valence-corrected chi connectivity index (χ2v) is 4.14. The second-order valence-electron chi connectivity index (χ2n) is 4.14. The predicted molar refractivity (Wildman–Crippen MR) is 74.7 cm³/mol. The maximum Gasteiger partial charge on any atom is 0.324 e. The molecule has 0 aliphatic rings. The molecule has 0 spiro atoms. The van der Waals surface area contributed by atoms with Gasteiger partial charge in [-0.25, -0.2) is 0 Å². The summed E-state index contributed by atoms with van der Waals surface area (Å²) in [6, 6.07) is 0.555. The lowest BCUT2D eigenvalue weighted by Gasteiger charge is -2.09. The minimum absolute atomic E-state index is 0.276. The first-order valence-corrected chi connectivity index (χ1v) is 6.55. The largest absolute Gasteiger partial charge is 0.464 e. The molecule has 0 bridgehead atoms. The van der Waals surface area contributed by atoms with E-state index in [1.165, 1.54) is 0 Å². The third-order valence-corrected chi connectivity index (χ3v) is 2.16. The monoisotopic (exact) mass is 266 g/mol. The zero-order chi connectivity index (χ0) is 14.1. The van der Waals surface area contributed by atoms with Crippen molar-refractivity contribution in [3.8, 4) is 12.0 Å². The van der Waals surface area contributed by atoms with Crippen molar-refractivity contribution in [1.82, 2.24) is 15.0 Å². The van der Waals surface area contributed by atoms with Crippen molar-refractivity contribution in [3.63, 3.8) is 0 Å². The van der Waals surface area contributed by atoms with Crippen LogP contribution in [0.15, 0.2) is 12.2 Å². The van der Waals surface area contributed by atoms with Gasteiger partial charge in [0.05, 0.1) is 13.2 Å². The van der Waals surface area contributed by atoms with Gasteiger partial charge in [-0.1, -0.05) is 12.5 Å². The lowest BCUT2D eigenvalue weighted by Crippen LogP contribution is -2.10. The Hall–Kier alpha value is -1.85. The Morgan fingerprint density at radius 1 is 1.16 bits per heavy atom. The molecule has 1 aromatic heterocycles. The normalized spacial score (nSPS) is 10.1. The molecule has 1 N–H and O–H groups in total. The molecule has 0 aliphatic heterocycles. The molecule has 1 rings (SSSR count). The van der Waals surface area contributed by atoms with Gasteiger partial charge in [-0.15, -0.1) is 11.6 Å². The summed E-state index contributed by atoms with van der Waals surface area (Å²) in [5.41, 5.74) is 1.06. The Labute approximate surface area is 114 Å². The first-order valence-electron chi connectivity index (χ1n) is 6.55. The van der Waals surface area contributed by atoms with Gasteiger partial charge in [-0.3, -0.25) is 0 Å². The van der Waals surface area contributed by atoms with Crippen molar-refractivity contribution >= 4 is 5.95 Å². The van der Waals surface area contributed by atoms with Crippen LogP contribution in [-0.2, 0) is 0 Å². The molecular weight excluding hydrogens is 244 g/mol. The number of rotatable bonds is 9. The summed E-state index contributed by atoms with van der Waals surface area (Å²) < 4.78 is 10.8. The van der Waals surface area contributed by atoms with Crippen molar-refractivity contribution in [2.45, 2.75) is 33.6 Å². The Morgan fingerprint density at radius 2 is 1.84 bits per heavy atom. The molecule has 0 fully saturated rings. The molecule has 1 heterocycles. The molecular formula is C13H22N4O2. The Balaban J connectivity index is 2.71. The van der Waals surface area contributed by atoms with Crippen molar-refractivity contribution in [3.05, 3.63) is 12.2 Å². The van der Waals surface area contributed by atoms with Crippen LogP contribution in [0.25, 0.3) is 0 Å². The lowest BCUT2D eigenvalue weighted by atomic mass is 10.3. The third-order valence-electron chi connectivity index (χ3n) is 2.16. The number of hydrogen-bond donors (Lipinski definition) is 1. The van der Waals surface area contributed by atoms with Crippen molar-refractivity contribution in [1.29, 1.82) is 0 Å². The summed E-state index contributed by atoms with van der Waals surface area (Å²) in [4.78, 5) is 12.4. The maximum atomic E-state index is 5.48. The number of ether oxygens (including phenoxy) is 2. The molecule has 0 saturated heterocycles. The number of anilines is 1. The molecule has 0 amide bonds. The number of hydrogen-bond acceptors (Lipinski definition) is 6. The van der Waals surface area contributed by atoms with E-state index in [1.54, 1.807) is 0 Å². The standard InChI is InChI=1S/C13H22N4O2/c1-5-8-14-11-15-12(18-6-2)17-13(16-11)19-9-7-10(3)4/h3,5-9H2,1-2,4H3,(H,14,15,16,17). The SMILES string of the molecule is C=C(C)CCOc1nc(NCCC)nc(OCC)n1. The first kappa shape index (κ1) is 15.2. The Bertz CT molecular complexity index is 410. The van der Waals surface area contributed by atoms with E-state index in [0.29, 0.717) is 19.2 Å². The molecule has 106 valence electrons. The minimum Gasteiger partial charge on any atom is -0.464 e. The topological polar surface area (TPSA) is 69.2 Å². The van der Waals surface area contributed by atoms with Crippen LogP contribution in [0.1, 0.15) is 33.6 Å². The van der Waals surface area contributed by atoms with Crippen LogP contribution in [0, 0.1) is 0 Å². The smallest absolute Gasteiger partial charge is 0.324 e. The molecule has 0 aliphatic carbocycles. The van der Waals surface area contributed by atoms with Crippen LogP contribution < -0.4 is 14.8 Å². The zero-order valence-corrected chi connectivity index (χ0v) is 11.9. The van der Waals surface area contributed by atoms with Crippen molar-refractivity contribution in [2.75, 3.05) is 25.1 Å². The van der Waals surface area contributed by atoms with E-state index in [-0.39, 0.29) is 12.0 Å². The average molecular weight is 266 g/mol. The van der Waals surface area contributed by atoms with E-state index in [1.807, 2.05) is 13.8 Å². The summed E-state index contributed by atoms with van der Waals surface area (Å²) >= 11 is 0. The fraction of sp³-hybridized carbons (Fsp3) is 0.615. The number of aromatic nitrogens is 3. The molecule has 6 nitrogen and oxygen atoms in total. The van der Waals surface area contributed by atoms with Crippen LogP contribution in [0.3, 0.4) is 0 Å². The Kier molecular flexibility index (Phi) is 6.63. The van der Waals surface area contributed by atoms with Gasteiger partial charge in [0.1, 0.15) is 0 Å². The van der Waals surface area contributed by atoms with Crippen LogP contribution in [0.4, 0.5) is 5.95 Å². The summed E-state index contributed by atoms with van der Waals surface area (Å²) in [6.07, 6.45) is 1.76. The van der Waals surface area contributed by atoms with Gasteiger partial charge in [0, 0.05) is 13.0 Å². The highest BCUT2D eigenvalue weighted by Crippen LogP contribution is 2.13.